The number of hydrogen-bond acceptors (Lipinski definition) is 5. The summed E-state index contributed by atoms with van der Waals surface area (Å²) in [5.41, 5.74) is 12.6. The summed E-state index contributed by atoms with van der Waals surface area (Å²) < 4.78 is 0. The number of carbonyl (C=O) groups excluding carboxylic acids is 1. The predicted molar refractivity (Wildman–Crippen MR) is 83.0 cm³/mol. The van der Waals surface area contributed by atoms with E-state index in [-0.39, 0.29) is 0 Å². The molecule has 0 unspecified atom stereocenters. The van der Waals surface area contributed by atoms with E-state index in [9.17, 15) is 4.79 Å². The standard InChI is InChI=1S/C15H12N4OS/c16-12-6-5-9(7-11(12)14(17)20)21-15-10-3-1-2-4-13(10)18-8-19-15/h1-8H,16H2,(H2,17,20). The van der Waals surface area contributed by atoms with Crippen molar-refractivity contribution in [1.29, 1.82) is 0 Å². The molecule has 0 aliphatic heterocycles. The normalized spacial score (nSPS) is 10.7. The third-order valence-electron chi connectivity index (χ3n) is 3.01. The first-order valence-corrected chi connectivity index (χ1v) is 7.04. The molecule has 1 amide bonds. The van der Waals surface area contributed by atoms with E-state index in [1.54, 1.807) is 12.1 Å². The number of nitrogens with zero attached hydrogens (tertiary/aromatic N) is 2. The lowest BCUT2D eigenvalue weighted by Crippen LogP contribution is -2.13. The van der Waals surface area contributed by atoms with E-state index in [2.05, 4.69) is 9.97 Å². The number of nitrogen functional groups attached to an aromatic ring is 1. The topological polar surface area (TPSA) is 94.9 Å². The summed E-state index contributed by atoms with van der Waals surface area (Å²) in [6.07, 6.45) is 1.52. The zero-order valence-corrected chi connectivity index (χ0v) is 11.8. The Morgan fingerprint density at radius 3 is 2.71 bits per heavy atom. The van der Waals surface area contributed by atoms with Crippen molar-refractivity contribution in [3.05, 3.63) is 54.4 Å². The van der Waals surface area contributed by atoms with Crippen LogP contribution in [0.3, 0.4) is 0 Å². The number of nitrogens with two attached hydrogens (primary N) is 2. The van der Waals surface area contributed by atoms with E-state index in [1.165, 1.54) is 18.1 Å². The molecule has 1 aromatic heterocycles. The second-order valence-corrected chi connectivity index (χ2v) is 5.47. The highest BCUT2D eigenvalue weighted by atomic mass is 32.2. The number of amides is 1. The molecule has 104 valence electrons. The molecular weight excluding hydrogens is 284 g/mol. The van der Waals surface area contributed by atoms with E-state index in [1.807, 2.05) is 30.3 Å². The highest BCUT2D eigenvalue weighted by Crippen LogP contribution is 2.32. The second-order valence-electron chi connectivity index (χ2n) is 4.41. The number of primary amides is 1. The zero-order valence-electron chi connectivity index (χ0n) is 11.0. The molecule has 0 bridgehead atoms. The molecule has 0 aliphatic rings. The van der Waals surface area contributed by atoms with Crippen LogP contribution in [0.4, 0.5) is 5.69 Å². The summed E-state index contributed by atoms with van der Waals surface area (Å²) in [5.74, 6) is -0.539. The molecule has 0 saturated heterocycles. The van der Waals surface area contributed by atoms with Crippen molar-refractivity contribution in [1.82, 2.24) is 9.97 Å². The molecule has 1 heterocycles. The maximum Gasteiger partial charge on any atom is 0.250 e. The first kappa shape index (κ1) is 13.4. The molecule has 2 aromatic carbocycles. The lowest BCUT2D eigenvalue weighted by molar-refractivity contribution is 0.100. The quantitative estimate of drug-likeness (QED) is 0.572. The van der Waals surface area contributed by atoms with Gasteiger partial charge in [-0.2, -0.15) is 0 Å². The van der Waals surface area contributed by atoms with E-state index < -0.39 is 5.91 Å². The third kappa shape index (κ3) is 2.66. The van der Waals surface area contributed by atoms with Crippen LogP contribution in [0.2, 0.25) is 0 Å². The van der Waals surface area contributed by atoms with Gasteiger partial charge in [0.1, 0.15) is 11.4 Å². The van der Waals surface area contributed by atoms with Crippen LogP contribution >= 0.6 is 11.8 Å². The van der Waals surface area contributed by atoms with Gasteiger partial charge in [-0.1, -0.05) is 30.0 Å². The van der Waals surface area contributed by atoms with Crippen molar-refractivity contribution in [2.24, 2.45) is 5.73 Å². The minimum atomic E-state index is -0.539. The van der Waals surface area contributed by atoms with Gasteiger partial charge in [-0.15, -0.1) is 0 Å². The Bertz CT molecular complexity index is 830. The minimum absolute atomic E-state index is 0.318. The Morgan fingerprint density at radius 1 is 1.10 bits per heavy atom. The number of para-hydroxylation sites is 1. The monoisotopic (exact) mass is 296 g/mol. The Morgan fingerprint density at radius 2 is 1.90 bits per heavy atom. The number of rotatable bonds is 3. The highest BCUT2D eigenvalue weighted by Gasteiger charge is 2.10. The van der Waals surface area contributed by atoms with Gasteiger partial charge < -0.3 is 11.5 Å². The first-order valence-electron chi connectivity index (χ1n) is 6.22. The van der Waals surface area contributed by atoms with Crippen LogP contribution in [0.25, 0.3) is 10.9 Å². The molecule has 0 aliphatic carbocycles. The number of anilines is 1. The zero-order chi connectivity index (χ0) is 14.8. The van der Waals surface area contributed by atoms with E-state index >= 15 is 0 Å². The average molecular weight is 296 g/mol. The van der Waals surface area contributed by atoms with Crippen molar-refractivity contribution >= 4 is 34.3 Å². The lowest BCUT2D eigenvalue weighted by atomic mass is 10.2. The van der Waals surface area contributed by atoms with Gasteiger partial charge in [0, 0.05) is 16.0 Å². The second kappa shape index (κ2) is 5.41. The van der Waals surface area contributed by atoms with Crippen molar-refractivity contribution in [3.63, 3.8) is 0 Å². The van der Waals surface area contributed by atoms with Gasteiger partial charge in [0.2, 0.25) is 0 Å². The van der Waals surface area contributed by atoms with Crippen molar-refractivity contribution in [2.75, 3.05) is 5.73 Å². The van der Waals surface area contributed by atoms with Crippen molar-refractivity contribution in [2.45, 2.75) is 9.92 Å². The van der Waals surface area contributed by atoms with Crippen molar-refractivity contribution in [3.8, 4) is 0 Å². The Kier molecular flexibility index (Phi) is 3.45. The van der Waals surface area contributed by atoms with E-state index in [4.69, 9.17) is 11.5 Å². The fourth-order valence-corrected chi connectivity index (χ4v) is 2.90. The number of carbonyl (C=O) groups is 1. The van der Waals surface area contributed by atoms with Crippen LogP contribution in [0.1, 0.15) is 10.4 Å². The molecule has 0 fully saturated rings. The summed E-state index contributed by atoms with van der Waals surface area (Å²) in [4.78, 5) is 20.7. The molecule has 6 heteroatoms. The summed E-state index contributed by atoms with van der Waals surface area (Å²) >= 11 is 1.44. The van der Waals surface area contributed by atoms with Crippen LogP contribution in [-0.2, 0) is 0 Å². The van der Waals surface area contributed by atoms with Crippen molar-refractivity contribution < 1.29 is 4.79 Å². The SMILES string of the molecule is NC(=O)c1cc(Sc2ncnc3ccccc23)ccc1N. The van der Waals surface area contributed by atoms with Crippen LogP contribution < -0.4 is 11.5 Å². The van der Waals surface area contributed by atoms with E-state index in [0.717, 1.165) is 20.8 Å². The number of hydrogen-bond donors (Lipinski definition) is 2. The van der Waals surface area contributed by atoms with Gasteiger partial charge in [0.25, 0.3) is 5.91 Å². The molecule has 0 atom stereocenters. The largest absolute Gasteiger partial charge is 0.398 e. The summed E-state index contributed by atoms with van der Waals surface area (Å²) in [5, 5.41) is 1.78. The van der Waals surface area contributed by atoms with Crippen LogP contribution in [0.15, 0.2) is 58.7 Å². The summed E-state index contributed by atoms with van der Waals surface area (Å²) in [7, 11) is 0. The fraction of sp³-hybridized carbons (Fsp3) is 0. The van der Waals surface area contributed by atoms with Gasteiger partial charge in [-0.25, -0.2) is 9.97 Å². The first-order chi connectivity index (χ1) is 10.1. The molecule has 3 aromatic rings. The maximum atomic E-state index is 11.3. The Hall–Kier alpha value is -2.60. The average Bonchev–Trinajstić information content (AvgIpc) is 2.49. The number of fused-ring (bicyclic) bond motifs is 1. The van der Waals surface area contributed by atoms with Crippen LogP contribution in [0, 0.1) is 0 Å². The molecule has 0 saturated carbocycles. The summed E-state index contributed by atoms with van der Waals surface area (Å²) in [6.45, 7) is 0. The van der Waals surface area contributed by atoms with Gasteiger partial charge >= 0.3 is 0 Å². The van der Waals surface area contributed by atoms with Gasteiger partial charge in [-0.05, 0) is 24.3 Å². The highest BCUT2D eigenvalue weighted by molar-refractivity contribution is 7.99. The van der Waals surface area contributed by atoms with Crippen LogP contribution in [0.5, 0.6) is 0 Å². The molecule has 4 N–H and O–H groups in total. The Balaban J connectivity index is 2.03. The number of benzene rings is 2. The predicted octanol–water partition coefficient (Wildman–Crippen LogP) is 2.46. The smallest absolute Gasteiger partial charge is 0.250 e. The van der Waals surface area contributed by atoms with E-state index in [0.29, 0.717) is 11.3 Å². The molecular formula is C15H12N4OS. The van der Waals surface area contributed by atoms with Crippen LogP contribution in [-0.4, -0.2) is 15.9 Å². The minimum Gasteiger partial charge on any atom is -0.398 e. The molecule has 0 radical (unpaired) electrons. The fourth-order valence-electron chi connectivity index (χ4n) is 1.99. The molecule has 5 nitrogen and oxygen atoms in total. The lowest BCUT2D eigenvalue weighted by Gasteiger charge is -2.07. The molecule has 3 rings (SSSR count). The molecule has 21 heavy (non-hydrogen) atoms. The summed E-state index contributed by atoms with van der Waals surface area (Å²) in [6, 6.07) is 12.9. The maximum absolute atomic E-state index is 11.3. The Labute approximate surface area is 125 Å². The molecule has 0 spiro atoms. The van der Waals surface area contributed by atoms with Gasteiger partial charge in [0.05, 0.1) is 11.1 Å². The van der Waals surface area contributed by atoms with Gasteiger partial charge in [-0.3, -0.25) is 4.79 Å². The third-order valence-corrected chi connectivity index (χ3v) is 4.02. The number of aromatic nitrogens is 2. The van der Waals surface area contributed by atoms with Gasteiger partial charge in [0.15, 0.2) is 0 Å².